The fourth-order valence-electron chi connectivity index (χ4n) is 3.55. The standard InChI is InChI=1S/C23H24Cl2O3/c1-4-5-11-18-19(13-16(27-18)12-15-9-7-6-8-10-15)28-22(26)21-17(14-20(24)25)23(21,2)3/h4-10,13-14,17,21H,11-12H2,1-3H3. The zero-order chi connectivity index (χ0) is 20.3. The van der Waals surface area contributed by atoms with Crippen LogP contribution >= 0.6 is 23.2 Å². The van der Waals surface area contributed by atoms with Crippen LogP contribution in [0.25, 0.3) is 0 Å². The molecule has 2 aromatic rings. The molecule has 0 radical (unpaired) electrons. The number of ether oxygens (including phenoxy) is 1. The molecule has 1 aliphatic rings. The van der Waals surface area contributed by atoms with Crippen LogP contribution in [0.15, 0.2) is 63.5 Å². The van der Waals surface area contributed by atoms with Crippen molar-refractivity contribution >= 4 is 29.2 Å². The number of allylic oxidation sites excluding steroid dienone is 3. The Morgan fingerprint density at radius 1 is 1.25 bits per heavy atom. The van der Waals surface area contributed by atoms with Gasteiger partial charge in [-0.3, -0.25) is 4.79 Å². The Hall–Kier alpha value is -1.97. The van der Waals surface area contributed by atoms with Crippen LogP contribution < -0.4 is 4.74 Å². The van der Waals surface area contributed by atoms with Gasteiger partial charge in [-0.1, -0.05) is 79.5 Å². The quantitative estimate of drug-likeness (QED) is 0.381. The van der Waals surface area contributed by atoms with Crippen molar-refractivity contribution in [3.8, 4) is 5.75 Å². The number of halogens is 2. The third-order valence-electron chi connectivity index (χ3n) is 5.26. The van der Waals surface area contributed by atoms with Crippen molar-refractivity contribution in [1.82, 2.24) is 0 Å². The van der Waals surface area contributed by atoms with E-state index in [1.807, 2.05) is 69.3 Å². The zero-order valence-electron chi connectivity index (χ0n) is 16.2. The minimum atomic E-state index is -0.283. The minimum absolute atomic E-state index is 0.0281. The first-order chi connectivity index (χ1) is 13.3. The summed E-state index contributed by atoms with van der Waals surface area (Å²) in [6.45, 7) is 5.96. The van der Waals surface area contributed by atoms with Gasteiger partial charge in [-0.15, -0.1) is 0 Å². The van der Waals surface area contributed by atoms with Crippen molar-refractivity contribution in [2.75, 3.05) is 0 Å². The second kappa shape index (κ2) is 8.59. The summed E-state index contributed by atoms with van der Waals surface area (Å²) in [6.07, 6.45) is 6.84. The van der Waals surface area contributed by atoms with Crippen LogP contribution in [0.4, 0.5) is 0 Å². The summed E-state index contributed by atoms with van der Waals surface area (Å²) >= 11 is 11.6. The molecule has 3 nitrogen and oxygen atoms in total. The summed E-state index contributed by atoms with van der Waals surface area (Å²) in [6, 6.07) is 11.9. The Morgan fingerprint density at radius 3 is 2.61 bits per heavy atom. The second-order valence-electron chi connectivity index (χ2n) is 7.64. The molecule has 1 aromatic carbocycles. The lowest BCUT2D eigenvalue weighted by Gasteiger charge is -2.04. The van der Waals surface area contributed by atoms with Crippen molar-refractivity contribution in [3.05, 3.63) is 76.2 Å². The highest BCUT2D eigenvalue weighted by Crippen LogP contribution is 2.60. The second-order valence-corrected chi connectivity index (χ2v) is 8.65. The third-order valence-corrected chi connectivity index (χ3v) is 5.51. The molecule has 1 saturated carbocycles. The highest BCUT2D eigenvalue weighted by Gasteiger charge is 2.61. The van der Waals surface area contributed by atoms with E-state index in [4.69, 9.17) is 32.4 Å². The van der Waals surface area contributed by atoms with Crippen molar-refractivity contribution in [2.45, 2.75) is 33.6 Å². The van der Waals surface area contributed by atoms with Crippen molar-refractivity contribution in [1.29, 1.82) is 0 Å². The average molecular weight is 419 g/mol. The molecular weight excluding hydrogens is 395 g/mol. The maximum atomic E-state index is 12.8. The van der Waals surface area contributed by atoms with Gasteiger partial charge in [-0.05, 0) is 29.9 Å². The van der Waals surface area contributed by atoms with Crippen LogP contribution in [-0.4, -0.2) is 5.97 Å². The Kier molecular flexibility index (Phi) is 6.36. The van der Waals surface area contributed by atoms with Crippen LogP contribution in [0.2, 0.25) is 0 Å². The molecule has 0 bridgehead atoms. The summed E-state index contributed by atoms with van der Waals surface area (Å²) in [5, 5.41) is 0. The summed E-state index contributed by atoms with van der Waals surface area (Å²) in [5.41, 5.74) is 0.906. The summed E-state index contributed by atoms with van der Waals surface area (Å²) in [4.78, 5) is 12.8. The molecule has 0 spiro atoms. The van der Waals surface area contributed by atoms with Gasteiger partial charge in [0, 0.05) is 18.9 Å². The number of carbonyl (C=O) groups excluding carboxylic acids is 1. The van der Waals surface area contributed by atoms with E-state index < -0.39 is 0 Å². The molecule has 5 heteroatoms. The van der Waals surface area contributed by atoms with Crippen LogP contribution in [-0.2, 0) is 17.6 Å². The normalized spacial score (nSPS) is 20.2. The highest BCUT2D eigenvalue weighted by atomic mass is 35.5. The van der Waals surface area contributed by atoms with E-state index in [1.165, 1.54) is 0 Å². The number of esters is 1. The minimum Gasteiger partial charge on any atom is -0.461 e. The summed E-state index contributed by atoms with van der Waals surface area (Å²) in [7, 11) is 0. The van der Waals surface area contributed by atoms with Crippen LogP contribution in [0, 0.1) is 17.3 Å². The lowest BCUT2D eigenvalue weighted by Crippen LogP contribution is -2.14. The van der Waals surface area contributed by atoms with Crippen molar-refractivity contribution < 1.29 is 13.9 Å². The maximum Gasteiger partial charge on any atom is 0.315 e. The SMILES string of the molecule is CC=CCc1oc(Cc2ccccc2)cc1OC(=O)C1C(C=C(Cl)Cl)C1(C)C. The highest BCUT2D eigenvalue weighted by molar-refractivity contribution is 6.55. The average Bonchev–Trinajstić information content (AvgIpc) is 2.97. The monoisotopic (exact) mass is 418 g/mol. The van der Waals surface area contributed by atoms with E-state index in [-0.39, 0.29) is 27.7 Å². The van der Waals surface area contributed by atoms with Crippen LogP contribution in [0.3, 0.4) is 0 Å². The number of carbonyl (C=O) groups is 1. The summed E-state index contributed by atoms with van der Waals surface area (Å²) in [5.74, 6) is 1.31. The van der Waals surface area contributed by atoms with Gasteiger partial charge >= 0.3 is 5.97 Å². The fraction of sp³-hybridized carbons (Fsp3) is 0.348. The Labute approximate surface area is 176 Å². The molecule has 28 heavy (non-hydrogen) atoms. The summed E-state index contributed by atoms with van der Waals surface area (Å²) < 4.78 is 11.9. The molecule has 2 unspecified atom stereocenters. The first-order valence-corrected chi connectivity index (χ1v) is 10.1. The van der Waals surface area contributed by atoms with E-state index in [0.717, 1.165) is 11.3 Å². The van der Waals surface area contributed by atoms with Crippen molar-refractivity contribution in [3.63, 3.8) is 0 Å². The van der Waals surface area contributed by atoms with E-state index >= 15 is 0 Å². The lowest BCUT2D eigenvalue weighted by molar-refractivity contribution is -0.136. The third kappa shape index (κ3) is 4.71. The van der Waals surface area contributed by atoms with Crippen molar-refractivity contribution in [2.24, 2.45) is 17.3 Å². The van der Waals surface area contributed by atoms with Crippen LogP contribution in [0.1, 0.15) is 37.9 Å². The number of benzene rings is 1. The molecule has 1 fully saturated rings. The first kappa shape index (κ1) is 20.8. The smallest absolute Gasteiger partial charge is 0.315 e. The molecule has 0 amide bonds. The van der Waals surface area contributed by atoms with Gasteiger partial charge in [0.2, 0.25) is 0 Å². The Bertz CT molecular complexity index is 890. The van der Waals surface area contributed by atoms with Gasteiger partial charge in [0.05, 0.1) is 5.92 Å². The van der Waals surface area contributed by atoms with E-state index in [0.29, 0.717) is 24.4 Å². The van der Waals surface area contributed by atoms with E-state index in [2.05, 4.69) is 0 Å². The maximum absolute atomic E-state index is 12.8. The van der Waals surface area contributed by atoms with Gasteiger partial charge in [0.15, 0.2) is 11.5 Å². The molecule has 0 N–H and O–H groups in total. The largest absolute Gasteiger partial charge is 0.461 e. The molecule has 3 rings (SSSR count). The molecule has 1 aliphatic carbocycles. The van der Waals surface area contributed by atoms with E-state index in [9.17, 15) is 4.79 Å². The molecule has 0 saturated heterocycles. The number of furan rings is 1. The van der Waals surface area contributed by atoms with Gasteiger partial charge in [-0.25, -0.2) is 0 Å². The Balaban J connectivity index is 1.78. The van der Waals surface area contributed by atoms with Gasteiger partial charge in [0.1, 0.15) is 10.3 Å². The molecule has 0 aliphatic heterocycles. The molecule has 1 aromatic heterocycles. The fourth-order valence-corrected chi connectivity index (χ4v) is 3.82. The van der Waals surface area contributed by atoms with Gasteiger partial charge < -0.3 is 9.15 Å². The molecular formula is C23H24Cl2O3. The van der Waals surface area contributed by atoms with Gasteiger partial charge in [0.25, 0.3) is 0 Å². The molecule has 1 heterocycles. The predicted molar refractivity (Wildman–Crippen MR) is 113 cm³/mol. The van der Waals surface area contributed by atoms with Gasteiger partial charge in [-0.2, -0.15) is 0 Å². The first-order valence-electron chi connectivity index (χ1n) is 9.34. The number of rotatable bonds is 7. The lowest BCUT2D eigenvalue weighted by atomic mass is 10.1. The topological polar surface area (TPSA) is 39.4 Å². The van der Waals surface area contributed by atoms with Crippen LogP contribution in [0.5, 0.6) is 5.75 Å². The number of hydrogen-bond donors (Lipinski definition) is 0. The molecule has 2 atom stereocenters. The zero-order valence-corrected chi connectivity index (χ0v) is 17.8. The predicted octanol–water partition coefficient (Wildman–Crippen LogP) is 6.49. The molecule has 148 valence electrons. The van der Waals surface area contributed by atoms with E-state index in [1.54, 1.807) is 6.08 Å². The Morgan fingerprint density at radius 2 is 1.96 bits per heavy atom. The number of hydrogen-bond acceptors (Lipinski definition) is 3.